The third-order valence-electron chi connectivity index (χ3n) is 4.21. The number of alkyl halides is 1. The molecule has 0 bridgehead atoms. The van der Waals surface area contributed by atoms with E-state index in [9.17, 15) is 19.2 Å². The van der Waals surface area contributed by atoms with E-state index in [2.05, 4.69) is 26.1 Å². The molecule has 1 fully saturated rings. The van der Waals surface area contributed by atoms with Gasteiger partial charge in [0.15, 0.2) is 10.8 Å². The minimum Gasteiger partial charge on any atom is -0.460 e. The van der Waals surface area contributed by atoms with Gasteiger partial charge in [-0.2, -0.15) is 0 Å². The maximum atomic E-state index is 12.7. The zero-order valence-corrected chi connectivity index (χ0v) is 18.2. The Morgan fingerprint density at radius 2 is 2.03 bits per heavy atom. The monoisotopic (exact) mass is 479 g/mol. The highest BCUT2D eigenvalue weighted by molar-refractivity contribution is 7.14. The molecular weight excluding hydrogens is 462 g/mol. The second kappa shape index (κ2) is 10.7. The Kier molecular flexibility index (Phi) is 7.73. The van der Waals surface area contributed by atoms with Gasteiger partial charge in [0, 0.05) is 5.38 Å². The first-order valence-corrected chi connectivity index (χ1v) is 10.6. The van der Waals surface area contributed by atoms with Gasteiger partial charge in [-0.15, -0.1) is 22.9 Å². The van der Waals surface area contributed by atoms with E-state index in [0.717, 1.165) is 11.3 Å². The number of halogens is 1. The predicted molar refractivity (Wildman–Crippen MR) is 116 cm³/mol. The van der Waals surface area contributed by atoms with Crippen LogP contribution in [0.15, 0.2) is 40.9 Å². The zero-order chi connectivity index (χ0) is 23.1. The summed E-state index contributed by atoms with van der Waals surface area (Å²) in [6.07, 6.45) is 0. The third-order valence-corrected chi connectivity index (χ3v) is 5.22. The summed E-state index contributed by atoms with van der Waals surface area (Å²) < 4.78 is 5.21. The lowest BCUT2D eigenvalue weighted by Crippen LogP contribution is -2.71. The molecule has 0 saturated carbocycles. The number of nitrogens with zero attached hydrogens (tertiary/aromatic N) is 2. The lowest BCUT2D eigenvalue weighted by Gasteiger charge is -2.36. The molecule has 2 unspecified atom stereocenters. The second-order valence-electron chi connectivity index (χ2n) is 6.37. The van der Waals surface area contributed by atoms with Gasteiger partial charge < -0.3 is 25.5 Å². The first-order chi connectivity index (χ1) is 15.4. The van der Waals surface area contributed by atoms with Crippen LogP contribution in [0.2, 0.25) is 0 Å². The summed E-state index contributed by atoms with van der Waals surface area (Å²) in [5.74, 6) is -2.42. The van der Waals surface area contributed by atoms with Gasteiger partial charge in [-0.25, -0.2) is 9.78 Å². The molecule has 2 heterocycles. The number of ether oxygens (including phenoxy) is 1. The fourth-order valence-corrected chi connectivity index (χ4v) is 3.45. The predicted octanol–water partition coefficient (Wildman–Crippen LogP) is 0.511. The summed E-state index contributed by atoms with van der Waals surface area (Å²) >= 11 is 6.51. The number of nitrogens with one attached hydrogen (secondary N) is 3. The number of rotatable bonds is 9. The van der Waals surface area contributed by atoms with Gasteiger partial charge in [-0.05, 0) is 12.1 Å². The number of amides is 3. The Balaban J connectivity index is 1.61. The Morgan fingerprint density at radius 1 is 1.28 bits per heavy atom. The van der Waals surface area contributed by atoms with Gasteiger partial charge in [0.1, 0.15) is 31.3 Å². The molecule has 0 spiro atoms. The number of oxime groups is 1. The highest BCUT2D eigenvalue weighted by Crippen LogP contribution is 2.17. The zero-order valence-electron chi connectivity index (χ0n) is 16.7. The van der Waals surface area contributed by atoms with Crippen LogP contribution in [0.4, 0.5) is 5.13 Å². The topological polar surface area (TPSA) is 148 Å². The maximum Gasteiger partial charge on any atom is 0.338 e. The van der Waals surface area contributed by atoms with E-state index in [0.29, 0.717) is 5.56 Å². The fourth-order valence-electron chi connectivity index (χ4n) is 2.67. The lowest BCUT2D eigenvalue weighted by molar-refractivity contribution is -0.135. The molecule has 0 aliphatic carbocycles. The highest BCUT2D eigenvalue weighted by Gasteiger charge is 2.42. The summed E-state index contributed by atoms with van der Waals surface area (Å²) in [6, 6.07) is 6.82. The average molecular weight is 480 g/mol. The van der Waals surface area contributed by atoms with Crippen molar-refractivity contribution in [2.24, 2.45) is 5.16 Å². The average Bonchev–Trinajstić information content (AvgIpc) is 3.26. The van der Waals surface area contributed by atoms with Gasteiger partial charge in [0.2, 0.25) is 11.8 Å². The van der Waals surface area contributed by atoms with E-state index in [1.54, 1.807) is 30.3 Å². The number of thiazole rings is 1. The summed E-state index contributed by atoms with van der Waals surface area (Å²) in [5, 5.41) is 12.9. The normalized spacial score (nSPS) is 17.6. The molecule has 2 atom stereocenters. The molecular formula is C19H18ClN5O6S. The van der Waals surface area contributed by atoms with Crippen molar-refractivity contribution in [1.29, 1.82) is 0 Å². The minimum atomic E-state index is -0.942. The molecule has 32 heavy (non-hydrogen) atoms. The minimum absolute atomic E-state index is 0.131. The molecule has 3 rings (SSSR count). The molecule has 2 aromatic rings. The van der Waals surface area contributed by atoms with Crippen molar-refractivity contribution < 1.29 is 28.8 Å². The molecule has 1 aromatic heterocycles. The van der Waals surface area contributed by atoms with E-state index < -0.39 is 35.8 Å². The van der Waals surface area contributed by atoms with Crippen molar-refractivity contribution in [2.45, 2.75) is 12.1 Å². The fraction of sp³-hybridized carbons (Fsp3) is 0.263. The number of benzene rings is 1. The molecule has 1 aliphatic rings. The van der Waals surface area contributed by atoms with Gasteiger partial charge in [0.25, 0.3) is 5.91 Å². The smallest absolute Gasteiger partial charge is 0.338 e. The van der Waals surface area contributed by atoms with Crippen molar-refractivity contribution in [3.63, 3.8) is 0 Å². The number of esters is 1. The van der Waals surface area contributed by atoms with Crippen LogP contribution in [-0.2, 0) is 24.0 Å². The van der Waals surface area contributed by atoms with Crippen LogP contribution in [0.1, 0.15) is 16.1 Å². The number of carbonyl (C=O) groups excluding carboxylic acids is 4. The summed E-state index contributed by atoms with van der Waals surface area (Å²) in [7, 11) is 1.25. The molecule has 13 heteroatoms. The number of β-lactam (4-membered cyclic amide) rings is 1. The largest absolute Gasteiger partial charge is 0.460 e. The van der Waals surface area contributed by atoms with Crippen molar-refractivity contribution in [1.82, 2.24) is 15.6 Å². The number of anilines is 1. The highest BCUT2D eigenvalue weighted by atomic mass is 35.5. The molecule has 168 valence electrons. The van der Waals surface area contributed by atoms with E-state index >= 15 is 0 Å². The number of carbonyl (C=O) groups is 4. The van der Waals surface area contributed by atoms with Crippen molar-refractivity contribution >= 4 is 57.5 Å². The summed E-state index contributed by atoms with van der Waals surface area (Å²) in [6.45, 7) is -0.132. The molecule has 11 nitrogen and oxygen atoms in total. The first-order valence-electron chi connectivity index (χ1n) is 9.19. The van der Waals surface area contributed by atoms with Crippen LogP contribution in [-0.4, -0.2) is 66.1 Å². The van der Waals surface area contributed by atoms with E-state index in [1.165, 1.54) is 12.5 Å². The maximum absolute atomic E-state index is 12.7. The molecule has 1 saturated heterocycles. The van der Waals surface area contributed by atoms with Crippen LogP contribution < -0.4 is 16.0 Å². The summed E-state index contributed by atoms with van der Waals surface area (Å²) in [4.78, 5) is 57.0. The standard InChI is InChI=1S/C19H18ClN5O6S/c1-30-25-15(12-9-32-19(22-12)23-13(26)7-20)17(28)24-14-11(21-16(14)27)8-31-18(29)10-5-3-2-4-6-10/h2-6,9,11,14H,7-8H2,1H3,(H,21,27)(H,24,28)(H,22,23,26). The lowest BCUT2D eigenvalue weighted by atomic mass is 9.99. The third kappa shape index (κ3) is 5.59. The summed E-state index contributed by atoms with van der Waals surface area (Å²) in [5.41, 5.74) is 0.301. The molecule has 3 N–H and O–H groups in total. The Hall–Kier alpha value is -3.51. The van der Waals surface area contributed by atoms with Crippen LogP contribution in [0.3, 0.4) is 0 Å². The molecule has 1 aliphatic heterocycles. The number of aromatic nitrogens is 1. The number of hydrogen-bond acceptors (Lipinski definition) is 9. The van der Waals surface area contributed by atoms with E-state index in [-0.39, 0.29) is 29.0 Å². The van der Waals surface area contributed by atoms with Crippen molar-refractivity contribution in [2.75, 3.05) is 24.9 Å². The quantitative estimate of drug-likeness (QED) is 0.156. The Bertz CT molecular complexity index is 1040. The van der Waals surface area contributed by atoms with Crippen LogP contribution in [0.25, 0.3) is 0 Å². The Morgan fingerprint density at radius 3 is 2.69 bits per heavy atom. The van der Waals surface area contributed by atoms with E-state index in [4.69, 9.17) is 21.2 Å². The van der Waals surface area contributed by atoms with E-state index in [1.807, 2.05) is 0 Å². The van der Waals surface area contributed by atoms with Crippen LogP contribution >= 0.6 is 22.9 Å². The van der Waals surface area contributed by atoms with Crippen molar-refractivity contribution in [3.05, 3.63) is 47.0 Å². The molecule has 1 aromatic carbocycles. The Labute approximate surface area is 191 Å². The second-order valence-corrected chi connectivity index (χ2v) is 7.50. The van der Waals surface area contributed by atoms with Crippen molar-refractivity contribution in [3.8, 4) is 0 Å². The van der Waals surface area contributed by atoms with Crippen LogP contribution in [0.5, 0.6) is 0 Å². The number of hydrogen-bond donors (Lipinski definition) is 3. The first kappa shape index (κ1) is 23.2. The molecule has 3 amide bonds. The van der Waals surface area contributed by atoms with Gasteiger partial charge in [-0.1, -0.05) is 23.4 Å². The molecule has 0 radical (unpaired) electrons. The van der Waals surface area contributed by atoms with Gasteiger partial charge in [0.05, 0.1) is 11.6 Å². The van der Waals surface area contributed by atoms with Gasteiger partial charge >= 0.3 is 5.97 Å². The SMILES string of the molecule is CON=C(C(=O)NC1C(=O)NC1COC(=O)c1ccccc1)c1csc(NC(=O)CCl)n1. The van der Waals surface area contributed by atoms with Crippen LogP contribution in [0, 0.1) is 0 Å². The van der Waals surface area contributed by atoms with Gasteiger partial charge in [-0.3, -0.25) is 14.4 Å².